The van der Waals surface area contributed by atoms with Crippen molar-refractivity contribution in [1.29, 1.82) is 0 Å². The largest absolute Gasteiger partial charge is 0.338 e. The Hall–Kier alpha value is -1.93. The summed E-state index contributed by atoms with van der Waals surface area (Å²) in [6.07, 6.45) is 3.92. The van der Waals surface area contributed by atoms with Crippen LogP contribution in [0.15, 0.2) is 11.6 Å². The highest BCUT2D eigenvalue weighted by atomic mass is 32.1. The van der Waals surface area contributed by atoms with Crippen LogP contribution in [0.1, 0.15) is 61.8 Å². The van der Waals surface area contributed by atoms with E-state index < -0.39 is 0 Å². The summed E-state index contributed by atoms with van der Waals surface area (Å²) >= 11 is 1.75. The van der Waals surface area contributed by atoms with E-state index in [1.807, 2.05) is 6.92 Å². The molecule has 8 heteroatoms. The lowest BCUT2D eigenvalue weighted by Crippen LogP contribution is -2.35. The molecule has 2 aromatic rings. The van der Waals surface area contributed by atoms with Crippen LogP contribution < -0.4 is 10.6 Å². The number of carbonyl (C=O) groups is 1. The minimum Gasteiger partial charge on any atom is -0.338 e. The van der Waals surface area contributed by atoms with Gasteiger partial charge in [-0.25, -0.2) is 9.78 Å². The van der Waals surface area contributed by atoms with E-state index >= 15 is 0 Å². The molecule has 1 aliphatic rings. The number of carbonyl (C=O) groups excluding carboxylic acids is 1. The zero-order chi connectivity index (χ0) is 18.5. The fraction of sp³-hybridized carbons (Fsp3) is 0.611. The quantitative estimate of drug-likeness (QED) is 0.720. The second-order valence-electron chi connectivity index (χ2n) is 7.09. The van der Waals surface area contributed by atoms with Crippen molar-refractivity contribution in [2.75, 3.05) is 25.0 Å². The van der Waals surface area contributed by atoms with Crippen molar-refractivity contribution in [1.82, 2.24) is 25.4 Å². The number of amides is 2. The summed E-state index contributed by atoms with van der Waals surface area (Å²) in [7, 11) is 0. The van der Waals surface area contributed by atoms with Gasteiger partial charge in [0.15, 0.2) is 0 Å². The molecule has 1 fully saturated rings. The molecule has 0 radical (unpaired) electrons. The molecule has 2 amide bonds. The number of hydrogen-bond donors (Lipinski definition) is 3. The highest BCUT2D eigenvalue weighted by molar-refractivity contribution is 7.09. The van der Waals surface area contributed by atoms with Crippen molar-refractivity contribution in [3.8, 4) is 0 Å². The SMILES string of the molecule is CCNC(=O)Nc1cn[nH]c1C1CCCN(Cc2csc(C(C)C)n2)C1. The number of H-pyrrole nitrogens is 1. The second kappa shape index (κ2) is 8.64. The van der Waals surface area contributed by atoms with Gasteiger partial charge in [-0.1, -0.05) is 13.8 Å². The Morgan fingerprint density at radius 1 is 1.50 bits per heavy atom. The molecule has 142 valence electrons. The standard InChI is InChI=1S/C18H28N6OS/c1-4-19-18(25)22-15-8-20-23-16(15)13-6-5-7-24(9-13)10-14-11-26-17(21-14)12(2)3/h8,11-13H,4-7,9-10H2,1-3H3,(H,20,23)(H2,19,22,25). The number of thiazole rings is 1. The van der Waals surface area contributed by atoms with Crippen LogP contribution in [0.4, 0.5) is 10.5 Å². The summed E-state index contributed by atoms with van der Waals surface area (Å²) < 4.78 is 0. The predicted molar refractivity (Wildman–Crippen MR) is 105 cm³/mol. The number of piperidine rings is 1. The number of nitrogens with zero attached hydrogens (tertiary/aromatic N) is 3. The maximum atomic E-state index is 11.8. The van der Waals surface area contributed by atoms with Crippen molar-refractivity contribution in [2.45, 2.75) is 52.0 Å². The zero-order valence-electron chi connectivity index (χ0n) is 15.7. The molecule has 2 aromatic heterocycles. The molecule has 26 heavy (non-hydrogen) atoms. The van der Waals surface area contributed by atoms with Crippen LogP contribution in [0.5, 0.6) is 0 Å². The lowest BCUT2D eigenvalue weighted by molar-refractivity contribution is 0.197. The normalized spacial score (nSPS) is 18.2. The van der Waals surface area contributed by atoms with E-state index in [1.165, 1.54) is 5.01 Å². The van der Waals surface area contributed by atoms with Crippen molar-refractivity contribution in [3.63, 3.8) is 0 Å². The van der Waals surface area contributed by atoms with E-state index in [0.29, 0.717) is 18.4 Å². The summed E-state index contributed by atoms with van der Waals surface area (Å²) in [5.74, 6) is 0.821. The number of nitrogens with one attached hydrogen (secondary N) is 3. The average molecular weight is 377 g/mol. The summed E-state index contributed by atoms with van der Waals surface area (Å²) in [6, 6.07) is -0.188. The maximum absolute atomic E-state index is 11.8. The third kappa shape index (κ3) is 4.62. The number of hydrogen-bond acceptors (Lipinski definition) is 5. The summed E-state index contributed by atoms with van der Waals surface area (Å²) in [5, 5.41) is 16.3. The highest BCUT2D eigenvalue weighted by Gasteiger charge is 2.25. The number of likely N-dealkylation sites (tertiary alicyclic amines) is 1. The zero-order valence-corrected chi connectivity index (χ0v) is 16.5. The highest BCUT2D eigenvalue weighted by Crippen LogP contribution is 2.31. The molecule has 0 aliphatic carbocycles. The van der Waals surface area contributed by atoms with Crippen LogP contribution in [0.2, 0.25) is 0 Å². The van der Waals surface area contributed by atoms with E-state index in [-0.39, 0.29) is 6.03 Å². The van der Waals surface area contributed by atoms with Gasteiger partial charge in [0.25, 0.3) is 0 Å². The van der Waals surface area contributed by atoms with Gasteiger partial charge in [-0.15, -0.1) is 11.3 Å². The fourth-order valence-corrected chi connectivity index (χ4v) is 4.18. The summed E-state index contributed by atoms with van der Waals surface area (Å²) in [4.78, 5) is 19.0. The molecule has 3 rings (SSSR count). The molecule has 1 saturated heterocycles. The molecule has 1 aliphatic heterocycles. The second-order valence-corrected chi connectivity index (χ2v) is 7.98. The molecular weight excluding hydrogens is 348 g/mol. The molecule has 0 spiro atoms. The van der Waals surface area contributed by atoms with Gasteiger partial charge < -0.3 is 10.6 Å². The van der Waals surface area contributed by atoms with Gasteiger partial charge in [-0.2, -0.15) is 5.10 Å². The van der Waals surface area contributed by atoms with Gasteiger partial charge in [0.05, 0.1) is 28.3 Å². The molecule has 3 N–H and O–H groups in total. The van der Waals surface area contributed by atoms with E-state index in [9.17, 15) is 4.79 Å². The van der Waals surface area contributed by atoms with Crippen molar-refractivity contribution in [3.05, 3.63) is 28.0 Å². The van der Waals surface area contributed by atoms with E-state index in [2.05, 4.69) is 45.0 Å². The topological polar surface area (TPSA) is 85.9 Å². The van der Waals surface area contributed by atoms with Gasteiger partial charge in [-0.05, 0) is 26.3 Å². The molecule has 7 nitrogen and oxygen atoms in total. The minimum absolute atomic E-state index is 0.188. The first-order valence-electron chi connectivity index (χ1n) is 9.31. The van der Waals surface area contributed by atoms with Crippen LogP contribution in [-0.2, 0) is 6.54 Å². The van der Waals surface area contributed by atoms with Gasteiger partial charge >= 0.3 is 6.03 Å². The Bertz CT molecular complexity index is 725. The Morgan fingerprint density at radius 3 is 3.08 bits per heavy atom. The number of aromatic nitrogens is 3. The van der Waals surface area contributed by atoms with Crippen LogP contribution >= 0.6 is 11.3 Å². The molecule has 1 unspecified atom stereocenters. The first kappa shape index (κ1) is 18.8. The number of aromatic amines is 1. The Kier molecular flexibility index (Phi) is 6.26. The minimum atomic E-state index is -0.188. The van der Waals surface area contributed by atoms with Crippen molar-refractivity contribution < 1.29 is 4.79 Å². The maximum Gasteiger partial charge on any atom is 0.319 e. The van der Waals surface area contributed by atoms with Gasteiger partial charge in [-0.3, -0.25) is 10.00 Å². The number of anilines is 1. The molecule has 3 heterocycles. The van der Waals surface area contributed by atoms with E-state index in [4.69, 9.17) is 4.98 Å². The van der Waals surface area contributed by atoms with E-state index in [0.717, 1.165) is 49.6 Å². The van der Waals surface area contributed by atoms with Gasteiger partial charge in [0.2, 0.25) is 0 Å². The molecule has 1 atom stereocenters. The first-order chi connectivity index (χ1) is 12.6. The average Bonchev–Trinajstić information content (AvgIpc) is 3.25. The van der Waals surface area contributed by atoms with Crippen LogP contribution in [-0.4, -0.2) is 45.7 Å². The smallest absolute Gasteiger partial charge is 0.319 e. The lowest BCUT2D eigenvalue weighted by atomic mass is 9.94. The lowest BCUT2D eigenvalue weighted by Gasteiger charge is -2.32. The Balaban J connectivity index is 1.63. The van der Waals surface area contributed by atoms with E-state index in [1.54, 1.807) is 17.5 Å². The fourth-order valence-electron chi connectivity index (χ4n) is 3.36. The van der Waals surface area contributed by atoms with Crippen LogP contribution in [0.3, 0.4) is 0 Å². The Morgan fingerprint density at radius 2 is 2.35 bits per heavy atom. The first-order valence-corrected chi connectivity index (χ1v) is 10.2. The van der Waals surface area contributed by atoms with Gasteiger partial charge in [0, 0.05) is 36.9 Å². The number of urea groups is 1. The molecular formula is C18H28N6OS. The monoisotopic (exact) mass is 376 g/mol. The molecule has 0 bridgehead atoms. The number of rotatable bonds is 6. The van der Waals surface area contributed by atoms with Crippen molar-refractivity contribution in [2.24, 2.45) is 0 Å². The summed E-state index contributed by atoms with van der Waals surface area (Å²) in [5.41, 5.74) is 2.95. The third-order valence-electron chi connectivity index (χ3n) is 4.62. The Labute approximate surface area is 158 Å². The molecule has 0 aromatic carbocycles. The van der Waals surface area contributed by atoms with Crippen LogP contribution in [0, 0.1) is 0 Å². The summed E-state index contributed by atoms with van der Waals surface area (Å²) in [6.45, 7) is 9.77. The molecule has 0 saturated carbocycles. The predicted octanol–water partition coefficient (Wildman–Crippen LogP) is 3.51. The third-order valence-corrected chi connectivity index (χ3v) is 5.81. The van der Waals surface area contributed by atoms with Crippen molar-refractivity contribution >= 4 is 23.1 Å². The van der Waals surface area contributed by atoms with Gasteiger partial charge in [0.1, 0.15) is 0 Å². The van der Waals surface area contributed by atoms with Crippen LogP contribution in [0.25, 0.3) is 0 Å².